The van der Waals surface area contributed by atoms with Crippen LogP contribution in [0.2, 0.25) is 0 Å². The molecule has 3 N–H and O–H groups in total. The van der Waals surface area contributed by atoms with E-state index in [2.05, 4.69) is 20.9 Å². The van der Waals surface area contributed by atoms with Gasteiger partial charge < -0.3 is 15.7 Å². The Hall–Kier alpha value is -2.48. The summed E-state index contributed by atoms with van der Waals surface area (Å²) in [4.78, 5) is 10.5. The number of rotatable bonds is 5. The molecular formula is C12H13N5O2S. The van der Waals surface area contributed by atoms with Gasteiger partial charge in [0.05, 0.1) is 6.20 Å². The van der Waals surface area contributed by atoms with E-state index in [1.807, 2.05) is 30.3 Å². The van der Waals surface area contributed by atoms with Crippen LogP contribution >= 0.6 is 12.2 Å². The van der Waals surface area contributed by atoms with Gasteiger partial charge in [0.2, 0.25) is 0 Å². The first kappa shape index (κ1) is 13.9. The number of nitrogens with zero attached hydrogens (tertiary/aromatic N) is 3. The van der Waals surface area contributed by atoms with Crippen LogP contribution < -0.4 is 10.6 Å². The van der Waals surface area contributed by atoms with Crippen molar-refractivity contribution in [3.63, 3.8) is 0 Å². The molecule has 104 valence electrons. The largest absolute Gasteiger partial charge is 0.480 e. The summed E-state index contributed by atoms with van der Waals surface area (Å²) in [6, 6.07) is 9.81. The highest BCUT2D eigenvalue weighted by Gasteiger charge is 2.05. The maximum atomic E-state index is 10.5. The number of aromatic nitrogens is 3. The number of hydrogen-bond acceptors (Lipinski definition) is 4. The summed E-state index contributed by atoms with van der Waals surface area (Å²) in [5, 5.41) is 22.3. The summed E-state index contributed by atoms with van der Waals surface area (Å²) < 4.78 is 1.21. The highest BCUT2D eigenvalue weighted by Crippen LogP contribution is 2.01. The Morgan fingerprint density at radius 3 is 2.80 bits per heavy atom. The molecule has 1 aromatic heterocycles. The first-order valence-corrected chi connectivity index (χ1v) is 6.25. The molecule has 0 aliphatic heterocycles. The van der Waals surface area contributed by atoms with Gasteiger partial charge in [-0.3, -0.25) is 4.79 Å². The maximum Gasteiger partial charge on any atom is 0.325 e. The minimum atomic E-state index is -0.980. The van der Waals surface area contributed by atoms with Crippen molar-refractivity contribution < 1.29 is 9.90 Å². The van der Waals surface area contributed by atoms with Gasteiger partial charge in [0.15, 0.2) is 10.9 Å². The molecule has 0 fully saturated rings. The Morgan fingerprint density at radius 2 is 2.10 bits per heavy atom. The number of benzene rings is 1. The predicted molar refractivity (Wildman–Crippen MR) is 77.2 cm³/mol. The summed E-state index contributed by atoms with van der Waals surface area (Å²) in [6.45, 7) is 0.356. The summed E-state index contributed by atoms with van der Waals surface area (Å²) in [7, 11) is 0. The molecule has 0 saturated carbocycles. The highest BCUT2D eigenvalue weighted by molar-refractivity contribution is 7.80. The van der Waals surface area contributed by atoms with Crippen molar-refractivity contribution in [1.29, 1.82) is 0 Å². The lowest BCUT2D eigenvalue weighted by Crippen LogP contribution is -2.28. The Balaban J connectivity index is 1.82. The van der Waals surface area contributed by atoms with Crippen LogP contribution in [0.15, 0.2) is 36.5 Å². The van der Waals surface area contributed by atoms with Crippen LogP contribution in [-0.2, 0) is 17.9 Å². The van der Waals surface area contributed by atoms with E-state index < -0.39 is 5.97 Å². The van der Waals surface area contributed by atoms with Gasteiger partial charge in [0.1, 0.15) is 6.54 Å². The van der Waals surface area contributed by atoms with E-state index in [4.69, 9.17) is 17.3 Å². The molecule has 1 aromatic carbocycles. The highest BCUT2D eigenvalue weighted by atomic mass is 32.1. The van der Waals surface area contributed by atoms with Crippen molar-refractivity contribution in [2.24, 2.45) is 0 Å². The summed E-state index contributed by atoms with van der Waals surface area (Å²) in [5.74, 6) is -0.581. The van der Waals surface area contributed by atoms with Crippen LogP contribution in [0, 0.1) is 0 Å². The van der Waals surface area contributed by atoms with Gasteiger partial charge in [0, 0.05) is 6.54 Å². The second kappa shape index (κ2) is 6.62. The van der Waals surface area contributed by atoms with E-state index in [1.54, 1.807) is 0 Å². The number of nitrogens with one attached hydrogen (secondary N) is 2. The molecule has 2 rings (SSSR count). The second-order valence-electron chi connectivity index (χ2n) is 3.99. The number of carboxylic acids is 1. The molecule has 0 atom stereocenters. The SMILES string of the molecule is O=C(O)Cn1cc(NC(=S)NCc2ccccc2)nn1. The average molecular weight is 291 g/mol. The first-order valence-electron chi connectivity index (χ1n) is 5.84. The lowest BCUT2D eigenvalue weighted by atomic mass is 10.2. The van der Waals surface area contributed by atoms with Crippen LogP contribution in [0.3, 0.4) is 0 Å². The first-order chi connectivity index (χ1) is 9.63. The molecule has 0 bridgehead atoms. The molecule has 0 aliphatic carbocycles. The Labute approximate surface area is 120 Å². The maximum absolute atomic E-state index is 10.5. The van der Waals surface area contributed by atoms with E-state index >= 15 is 0 Å². The molecule has 7 nitrogen and oxygen atoms in total. The molecule has 0 radical (unpaired) electrons. The van der Waals surface area contributed by atoms with Gasteiger partial charge in [-0.25, -0.2) is 4.68 Å². The zero-order chi connectivity index (χ0) is 14.4. The number of hydrogen-bond donors (Lipinski definition) is 3. The third-order valence-electron chi connectivity index (χ3n) is 2.37. The summed E-state index contributed by atoms with van der Waals surface area (Å²) >= 11 is 5.12. The molecular weight excluding hydrogens is 278 g/mol. The zero-order valence-electron chi connectivity index (χ0n) is 10.5. The third kappa shape index (κ3) is 4.32. The topological polar surface area (TPSA) is 92.1 Å². The van der Waals surface area contributed by atoms with E-state index in [0.29, 0.717) is 17.5 Å². The van der Waals surface area contributed by atoms with E-state index in [1.165, 1.54) is 10.9 Å². The Morgan fingerprint density at radius 1 is 1.35 bits per heavy atom. The molecule has 1 heterocycles. The van der Waals surface area contributed by atoms with Crippen molar-refractivity contribution in [1.82, 2.24) is 20.3 Å². The fraction of sp³-hybridized carbons (Fsp3) is 0.167. The van der Waals surface area contributed by atoms with Gasteiger partial charge >= 0.3 is 5.97 Å². The zero-order valence-corrected chi connectivity index (χ0v) is 11.3. The van der Waals surface area contributed by atoms with Gasteiger partial charge in [-0.1, -0.05) is 35.5 Å². The van der Waals surface area contributed by atoms with E-state index in [-0.39, 0.29) is 6.54 Å². The smallest absolute Gasteiger partial charge is 0.325 e. The molecule has 0 spiro atoms. The van der Waals surface area contributed by atoms with Crippen molar-refractivity contribution in [2.45, 2.75) is 13.1 Å². The van der Waals surface area contributed by atoms with Crippen LogP contribution in [0.5, 0.6) is 0 Å². The summed E-state index contributed by atoms with van der Waals surface area (Å²) in [5.41, 5.74) is 1.10. The minimum Gasteiger partial charge on any atom is -0.480 e. The monoisotopic (exact) mass is 291 g/mol. The van der Waals surface area contributed by atoms with Crippen molar-refractivity contribution in [3.05, 3.63) is 42.1 Å². The van der Waals surface area contributed by atoms with Crippen molar-refractivity contribution >= 4 is 29.1 Å². The van der Waals surface area contributed by atoms with Gasteiger partial charge in [-0.15, -0.1) is 5.10 Å². The molecule has 20 heavy (non-hydrogen) atoms. The Kier molecular flexibility index (Phi) is 4.61. The van der Waals surface area contributed by atoms with Crippen LogP contribution in [0.1, 0.15) is 5.56 Å². The summed E-state index contributed by atoms with van der Waals surface area (Å²) in [6.07, 6.45) is 1.48. The van der Waals surface area contributed by atoms with Crippen molar-refractivity contribution in [3.8, 4) is 0 Å². The Bertz CT molecular complexity index is 599. The fourth-order valence-electron chi connectivity index (χ4n) is 1.51. The van der Waals surface area contributed by atoms with Gasteiger partial charge in [-0.05, 0) is 17.8 Å². The molecule has 0 unspecified atom stereocenters. The molecule has 0 saturated heterocycles. The van der Waals surface area contributed by atoms with Crippen molar-refractivity contribution in [2.75, 3.05) is 5.32 Å². The number of anilines is 1. The third-order valence-corrected chi connectivity index (χ3v) is 2.62. The van der Waals surface area contributed by atoms with E-state index in [0.717, 1.165) is 5.56 Å². The van der Waals surface area contributed by atoms with E-state index in [9.17, 15) is 4.79 Å². The predicted octanol–water partition coefficient (Wildman–Crippen LogP) is 0.849. The minimum absolute atomic E-state index is 0.237. The van der Waals surface area contributed by atoms with Crippen LogP contribution in [-0.4, -0.2) is 31.2 Å². The average Bonchev–Trinajstić information content (AvgIpc) is 2.84. The van der Waals surface area contributed by atoms with Gasteiger partial charge in [-0.2, -0.15) is 0 Å². The second-order valence-corrected chi connectivity index (χ2v) is 4.40. The van der Waals surface area contributed by atoms with Crippen LogP contribution in [0.4, 0.5) is 5.82 Å². The molecule has 2 aromatic rings. The molecule has 8 heteroatoms. The van der Waals surface area contributed by atoms with Crippen LogP contribution in [0.25, 0.3) is 0 Å². The molecule has 0 amide bonds. The lowest BCUT2D eigenvalue weighted by Gasteiger charge is -2.07. The number of carbonyl (C=O) groups is 1. The lowest BCUT2D eigenvalue weighted by molar-refractivity contribution is -0.137. The normalized spacial score (nSPS) is 10.0. The number of carboxylic acid groups (broad SMARTS) is 1. The quantitative estimate of drug-likeness (QED) is 0.703. The number of aliphatic carboxylic acids is 1. The fourth-order valence-corrected chi connectivity index (χ4v) is 1.69. The molecule has 0 aliphatic rings. The standard InChI is InChI=1S/C12H13N5O2S/c18-11(19)8-17-7-10(15-16-17)14-12(20)13-6-9-4-2-1-3-5-9/h1-5,7H,6,8H2,(H,18,19)(H2,13,14,20). The number of thiocarbonyl (C=S) groups is 1. The van der Waals surface area contributed by atoms with Gasteiger partial charge in [0.25, 0.3) is 0 Å².